The van der Waals surface area contributed by atoms with Crippen LogP contribution in [0.15, 0.2) is 53.6 Å². The molecule has 0 spiro atoms. The smallest absolute Gasteiger partial charge is 0.292 e. The van der Waals surface area contributed by atoms with Crippen molar-refractivity contribution in [3.05, 3.63) is 69.5 Å². The summed E-state index contributed by atoms with van der Waals surface area (Å²) in [6, 6.07) is 4.93. The fraction of sp³-hybridized carbons (Fsp3) is 0.200. The predicted molar refractivity (Wildman–Crippen MR) is 112 cm³/mol. The Labute approximate surface area is 162 Å². The van der Waals surface area contributed by atoms with E-state index in [0.717, 1.165) is 11.1 Å². The Morgan fingerprint density at radius 2 is 1.86 bits per heavy atom. The highest BCUT2D eigenvalue weighted by atomic mass is 16.6. The van der Waals surface area contributed by atoms with Crippen LogP contribution < -0.4 is 16.8 Å². The quantitative estimate of drug-likeness (QED) is 0.534. The zero-order chi connectivity index (χ0) is 19.1. The summed E-state index contributed by atoms with van der Waals surface area (Å²) in [5.74, 6) is 0.300. The first-order valence-electron chi connectivity index (χ1n) is 8.55. The van der Waals surface area contributed by atoms with Gasteiger partial charge < -0.3 is 16.8 Å². The van der Waals surface area contributed by atoms with Crippen LogP contribution in [0, 0.1) is 10.1 Å². The molecule has 0 fully saturated rings. The monoisotopic (exact) mass is 378 g/mol. The van der Waals surface area contributed by atoms with E-state index in [-0.39, 0.29) is 30.9 Å². The number of hydrogen-bond donors (Lipinski definition) is 3. The van der Waals surface area contributed by atoms with Crippen molar-refractivity contribution in [1.82, 2.24) is 9.97 Å². The van der Waals surface area contributed by atoms with Crippen molar-refractivity contribution in [3.8, 4) is 11.1 Å². The second-order valence-electron chi connectivity index (χ2n) is 6.38. The first-order chi connectivity index (χ1) is 13.0. The summed E-state index contributed by atoms with van der Waals surface area (Å²) >= 11 is 0. The van der Waals surface area contributed by atoms with Crippen LogP contribution in [0.1, 0.15) is 20.0 Å². The molecule has 0 amide bonds. The minimum absolute atomic E-state index is 0. The van der Waals surface area contributed by atoms with Crippen LogP contribution in [0.3, 0.4) is 0 Å². The van der Waals surface area contributed by atoms with Gasteiger partial charge in [-0.15, -0.1) is 0 Å². The fourth-order valence-electron chi connectivity index (χ4n) is 3.47. The summed E-state index contributed by atoms with van der Waals surface area (Å²) in [7, 11) is 0. The molecule has 0 atom stereocenters. The van der Waals surface area contributed by atoms with Crippen molar-refractivity contribution in [3.63, 3.8) is 0 Å². The highest BCUT2D eigenvalue weighted by Gasteiger charge is 2.27. The number of nitrogens with zero attached hydrogens (tertiary/aromatic N) is 3. The highest BCUT2D eigenvalue weighted by Crippen LogP contribution is 2.38. The van der Waals surface area contributed by atoms with Gasteiger partial charge >= 0.3 is 0 Å². The van der Waals surface area contributed by atoms with Gasteiger partial charge in [0.2, 0.25) is 5.95 Å². The van der Waals surface area contributed by atoms with Crippen molar-refractivity contribution in [2.45, 2.75) is 26.8 Å². The number of anilines is 3. The first-order valence-corrected chi connectivity index (χ1v) is 8.55. The van der Waals surface area contributed by atoms with E-state index in [9.17, 15) is 10.1 Å². The fourth-order valence-corrected chi connectivity index (χ4v) is 3.47. The van der Waals surface area contributed by atoms with Gasteiger partial charge in [-0.05, 0) is 29.2 Å². The Balaban J connectivity index is 0.00000225. The van der Waals surface area contributed by atoms with E-state index < -0.39 is 4.92 Å². The molecular formula is C20H22N6O2. The average molecular weight is 378 g/mol. The number of nitro groups is 1. The molecule has 0 saturated heterocycles. The number of nitrogen functional groups attached to an aromatic ring is 2. The van der Waals surface area contributed by atoms with Crippen LogP contribution in [0.25, 0.3) is 11.1 Å². The Morgan fingerprint density at radius 3 is 2.43 bits per heavy atom. The molecule has 0 aliphatic heterocycles. The second kappa shape index (κ2) is 7.15. The van der Waals surface area contributed by atoms with E-state index >= 15 is 0 Å². The van der Waals surface area contributed by atoms with Crippen molar-refractivity contribution >= 4 is 23.1 Å². The molecule has 8 nitrogen and oxygen atoms in total. The van der Waals surface area contributed by atoms with Crippen LogP contribution in [0.5, 0.6) is 0 Å². The molecule has 2 bridgehead atoms. The van der Waals surface area contributed by atoms with E-state index in [1.807, 2.05) is 31.2 Å². The molecule has 5 N–H and O–H groups in total. The van der Waals surface area contributed by atoms with E-state index in [1.54, 1.807) is 12.1 Å². The maximum Gasteiger partial charge on any atom is 0.292 e. The molecule has 0 saturated carbocycles. The average Bonchev–Trinajstić information content (AvgIpc) is 3.20. The van der Waals surface area contributed by atoms with Crippen LogP contribution >= 0.6 is 0 Å². The van der Waals surface area contributed by atoms with Gasteiger partial charge in [-0.2, -0.15) is 4.98 Å². The Morgan fingerprint density at radius 1 is 1.18 bits per heavy atom. The second-order valence-corrected chi connectivity index (χ2v) is 6.38. The van der Waals surface area contributed by atoms with Crippen LogP contribution in [-0.4, -0.2) is 20.9 Å². The van der Waals surface area contributed by atoms with Gasteiger partial charge in [-0.1, -0.05) is 44.7 Å². The largest absolute Gasteiger partial charge is 0.383 e. The van der Waals surface area contributed by atoms with Crippen molar-refractivity contribution in [2.24, 2.45) is 0 Å². The number of nitrogens with two attached hydrogens (primary N) is 2. The summed E-state index contributed by atoms with van der Waals surface area (Å²) in [6.45, 7) is 1.92. The maximum absolute atomic E-state index is 11.7. The lowest BCUT2D eigenvalue weighted by Crippen LogP contribution is -2.18. The number of aryl methyl sites for hydroxylation is 1. The third-order valence-electron chi connectivity index (χ3n) is 4.75. The highest BCUT2D eigenvalue weighted by molar-refractivity contribution is 5.81. The summed E-state index contributed by atoms with van der Waals surface area (Å²) in [4.78, 5) is 19.5. The van der Waals surface area contributed by atoms with Crippen molar-refractivity contribution in [1.29, 1.82) is 0 Å². The summed E-state index contributed by atoms with van der Waals surface area (Å²) in [5.41, 5.74) is 16.1. The molecule has 1 heterocycles. The molecule has 0 unspecified atom stereocenters. The topological polar surface area (TPSA) is 133 Å². The predicted octanol–water partition coefficient (Wildman–Crippen LogP) is 3.63. The molecule has 1 aromatic carbocycles. The van der Waals surface area contributed by atoms with Gasteiger partial charge in [0.05, 0.1) is 16.7 Å². The maximum atomic E-state index is 11.7. The normalized spacial score (nSPS) is 14.5. The molecule has 4 rings (SSSR count). The van der Waals surface area contributed by atoms with E-state index in [4.69, 9.17) is 11.5 Å². The molecule has 2 aliphatic rings. The van der Waals surface area contributed by atoms with Crippen LogP contribution in [0.4, 0.5) is 23.1 Å². The molecule has 2 aromatic rings. The summed E-state index contributed by atoms with van der Waals surface area (Å²) in [5, 5.41) is 15.0. The van der Waals surface area contributed by atoms with Gasteiger partial charge in [0, 0.05) is 11.6 Å². The lowest BCUT2D eigenvalue weighted by Gasteiger charge is -2.16. The van der Waals surface area contributed by atoms with Gasteiger partial charge in [0.15, 0.2) is 0 Å². The Kier molecular flexibility index (Phi) is 4.87. The first kappa shape index (κ1) is 19.1. The van der Waals surface area contributed by atoms with E-state index in [2.05, 4.69) is 15.3 Å². The number of aromatic nitrogens is 2. The third-order valence-corrected chi connectivity index (χ3v) is 4.75. The Bertz CT molecular complexity index is 1030. The Hall–Kier alpha value is -3.68. The lowest BCUT2D eigenvalue weighted by molar-refractivity contribution is -0.383. The molecular weight excluding hydrogens is 356 g/mol. The number of nitrogens with one attached hydrogen (secondary N) is 1. The number of fused-ring (bicyclic) bond motifs is 2. The molecule has 8 heteroatoms. The van der Waals surface area contributed by atoms with Gasteiger partial charge in [0.25, 0.3) is 5.69 Å². The standard InChI is InChI=1S/C19H18N6O2.CH4/c1-2-13-16(18(20)24-19(21)23-13)12-7-8-14(15(9-12)25(26)27)22-17-10-3-4-11(17)6-5-10;/h3-9,17,22H,2H2,1H3,(H4,20,21,23,24);1H4. The van der Waals surface area contributed by atoms with Crippen molar-refractivity contribution in [2.75, 3.05) is 16.8 Å². The van der Waals surface area contributed by atoms with Gasteiger partial charge in [0.1, 0.15) is 11.5 Å². The molecule has 2 aliphatic carbocycles. The summed E-state index contributed by atoms with van der Waals surface area (Å²) in [6.07, 6.45) is 8.61. The number of rotatable bonds is 5. The van der Waals surface area contributed by atoms with E-state index in [1.165, 1.54) is 6.07 Å². The van der Waals surface area contributed by atoms with Crippen molar-refractivity contribution < 1.29 is 4.92 Å². The molecule has 144 valence electrons. The van der Waals surface area contributed by atoms with Gasteiger partial charge in [-0.3, -0.25) is 10.1 Å². The molecule has 1 aromatic heterocycles. The third kappa shape index (κ3) is 3.09. The molecule has 0 radical (unpaired) electrons. The number of allylic oxidation sites excluding steroid dienone is 2. The number of nitro benzene ring substituents is 1. The summed E-state index contributed by atoms with van der Waals surface area (Å²) < 4.78 is 0. The minimum atomic E-state index is -0.404. The SMILES string of the molecule is C.CCc1nc(N)nc(N)c1-c1ccc(NC2C3=CC=C2C=C3)c([N+](=O)[O-])c1. The van der Waals surface area contributed by atoms with Gasteiger partial charge in [-0.25, -0.2) is 4.98 Å². The van der Waals surface area contributed by atoms with E-state index in [0.29, 0.717) is 28.9 Å². The van der Waals surface area contributed by atoms with Crippen LogP contribution in [0.2, 0.25) is 0 Å². The zero-order valence-electron chi connectivity index (χ0n) is 14.6. The minimum Gasteiger partial charge on any atom is -0.383 e. The van der Waals surface area contributed by atoms with Crippen LogP contribution in [-0.2, 0) is 6.42 Å². The number of benzene rings is 1. The molecule has 28 heavy (non-hydrogen) atoms. The zero-order valence-corrected chi connectivity index (χ0v) is 14.6. The number of hydrogen-bond acceptors (Lipinski definition) is 7. The lowest BCUT2D eigenvalue weighted by atomic mass is 10.0.